The van der Waals surface area contributed by atoms with E-state index >= 15 is 0 Å². The van der Waals surface area contributed by atoms with Gasteiger partial charge in [-0.2, -0.15) is 0 Å². The van der Waals surface area contributed by atoms with Crippen LogP contribution >= 0.6 is 15.9 Å². The van der Waals surface area contributed by atoms with Crippen molar-refractivity contribution in [3.8, 4) is 0 Å². The van der Waals surface area contributed by atoms with Crippen LogP contribution in [0, 0.1) is 0 Å². The fourth-order valence-corrected chi connectivity index (χ4v) is 4.72. The SMILES string of the molecule is NC(=O)n1cc(NC(=O)N2C[C@H](F)C[C@H]2C(=O)Cc2ccc(C(=O)O)c(Br)c2)c2ccccc21. The smallest absolute Gasteiger partial charge is 0.336 e. The minimum absolute atomic E-state index is 0.0528. The van der Waals surface area contributed by atoms with E-state index in [1.165, 1.54) is 29.0 Å². The predicted octanol–water partition coefficient (Wildman–Crippen LogP) is 3.78. The van der Waals surface area contributed by atoms with Gasteiger partial charge >= 0.3 is 18.0 Å². The quantitative estimate of drug-likeness (QED) is 0.461. The molecule has 9 nitrogen and oxygen atoms in total. The van der Waals surface area contributed by atoms with Gasteiger partial charge in [-0.05, 0) is 39.7 Å². The molecule has 11 heteroatoms. The molecule has 0 aliphatic carbocycles. The number of halogens is 2. The van der Waals surface area contributed by atoms with E-state index in [-0.39, 0.29) is 30.7 Å². The molecule has 2 heterocycles. The summed E-state index contributed by atoms with van der Waals surface area (Å²) in [5, 5.41) is 12.4. The molecule has 1 aliphatic heterocycles. The number of rotatable bonds is 5. The number of aromatic carboxylic acids is 1. The van der Waals surface area contributed by atoms with Crippen LogP contribution in [0.5, 0.6) is 0 Å². The number of hydrogen-bond donors (Lipinski definition) is 3. The highest BCUT2D eigenvalue weighted by molar-refractivity contribution is 9.10. The standard InChI is InChI=1S/C23H20BrFN4O5/c24-16-7-12(5-6-14(16)21(31)32)8-20(30)19-9-13(25)10-29(19)23(34)27-17-11-28(22(26)33)18-4-2-1-3-15(17)18/h1-7,11,13,19H,8-10H2,(H2,26,33)(H,27,34)(H,31,32)/t13-,19+/m1/s1. The van der Waals surface area contributed by atoms with Crippen LogP contribution < -0.4 is 11.1 Å². The molecule has 1 fully saturated rings. The summed E-state index contributed by atoms with van der Waals surface area (Å²) in [6, 6.07) is 8.84. The van der Waals surface area contributed by atoms with E-state index in [9.17, 15) is 23.6 Å². The van der Waals surface area contributed by atoms with E-state index in [4.69, 9.17) is 10.8 Å². The number of urea groups is 1. The van der Waals surface area contributed by atoms with Crippen molar-refractivity contribution < 1.29 is 28.7 Å². The average molecular weight is 531 g/mol. The van der Waals surface area contributed by atoms with Gasteiger partial charge in [0, 0.05) is 28.9 Å². The number of nitrogens with two attached hydrogens (primary N) is 1. The third kappa shape index (κ3) is 4.51. The maximum absolute atomic E-state index is 14.3. The van der Waals surface area contributed by atoms with Crippen LogP contribution in [-0.2, 0) is 11.2 Å². The highest BCUT2D eigenvalue weighted by atomic mass is 79.9. The summed E-state index contributed by atoms with van der Waals surface area (Å²) < 4.78 is 15.8. The summed E-state index contributed by atoms with van der Waals surface area (Å²) in [4.78, 5) is 50.1. The van der Waals surface area contributed by atoms with Gasteiger partial charge in [-0.3, -0.25) is 9.36 Å². The van der Waals surface area contributed by atoms with Crippen LogP contribution in [0.2, 0.25) is 0 Å². The van der Waals surface area contributed by atoms with Gasteiger partial charge in [0.1, 0.15) is 6.17 Å². The fraction of sp³-hybridized carbons (Fsp3) is 0.217. The lowest BCUT2D eigenvalue weighted by atomic mass is 10.0. The number of primary amides is 1. The third-order valence-electron chi connectivity index (χ3n) is 5.72. The second kappa shape index (κ2) is 9.26. The van der Waals surface area contributed by atoms with Gasteiger partial charge in [-0.15, -0.1) is 0 Å². The molecule has 3 amide bonds. The number of benzene rings is 2. The number of carboxylic acid groups (broad SMARTS) is 1. The van der Waals surface area contributed by atoms with Crippen LogP contribution in [0.15, 0.2) is 53.1 Å². The number of amides is 3. The first-order valence-electron chi connectivity index (χ1n) is 10.3. The number of carbonyl (C=O) groups excluding carboxylic acids is 3. The molecule has 1 saturated heterocycles. The third-order valence-corrected chi connectivity index (χ3v) is 6.37. The Kier molecular flexibility index (Phi) is 6.38. The Labute approximate surface area is 201 Å². The number of likely N-dealkylation sites (tertiary alicyclic amines) is 1. The van der Waals surface area contributed by atoms with Gasteiger partial charge in [0.05, 0.1) is 29.4 Å². The Morgan fingerprint density at radius 2 is 1.91 bits per heavy atom. The Bertz CT molecular complexity index is 1320. The lowest BCUT2D eigenvalue weighted by Gasteiger charge is -2.23. The summed E-state index contributed by atoms with van der Waals surface area (Å²) in [7, 11) is 0. The van der Waals surface area contributed by atoms with E-state index < -0.39 is 30.2 Å². The van der Waals surface area contributed by atoms with Crippen molar-refractivity contribution in [1.29, 1.82) is 0 Å². The first-order chi connectivity index (χ1) is 16.2. The van der Waals surface area contributed by atoms with Crippen LogP contribution in [0.25, 0.3) is 10.9 Å². The molecule has 3 aromatic rings. The minimum atomic E-state index is -1.37. The lowest BCUT2D eigenvalue weighted by Crippen LogP contribution is -2.43. The number of carboxylic acids is 1. The van der Waals surface area contributed by atoms with Gasteiger partial charge < -0.3 is 21.1 Å². The molecule has 0 unspecified atom stereocenters. The van der Waals surface area contributed by atoms with Crippen molar-refractivity contribution in [1.82, 2.24) is 9.47 Å². The zero-order valence-corrected chi connectivity index (χ0v) is 19.3. The van der Waals surface area contributed by atoms with Crippen LogP contribution in [-0.4, -0.2) is 57.1 Å². The Balaban J connectivity index is 1.53. The summed E-state index contributed by atoms with van der Waals surface area (Å²) in [5.74, 6) is -1.48. The molecule has 176 valence electrons. The van der Waals surface area contributed by atoms with Crippen LogP contribution in [0.3, 0.4) is 0 Å². The largest absolute Gasteiger partial charge is 0.478 e. The fourth-order valence-electron chi connectivity index (χ4n) is 4.12. The zero-order valence-electron chi connectivity index (χ0n) is 17.7. The molecule has 0 bridgehead atoms. The first kappa shape index (κ1) is 23.4. The average Bonchev–Trinajstić information content (AvgIpc) is 3.35. The molecule has 0 radical (unpaired) electrons. The van der Waals surface area contributed by atoms with E-state index in [0.29, 0.717) is 26.6 Å². The van der Waals surface area contributed by atoms with Gasteiger partial charge in [0.2, 0.25) is 0 Å². The number of Topliss-reactive ketones (excluding diaryl/α,β-unsaturated/α-hetero) is 1. The topological polar surface area (TPSA) is 135 Å². The number of alkyl halides is 1. The second-order valence-electron chi connectivity index (χ2n) is 7.96. The van der Waals surface area contributed by atoms with E-state index in [1.807, 2.05) is 0 Å². The molecule has 2 atom stereocenters. The highest BCUT2D eigenvalue weighted by Crippen LogP contribution is 2.28. The van der Waals surface area contributed by atoms with Gasteiger partial charge in [0.15, 0.2) is 5.78 Å². The van der Waals surface area contributed by atoms with Gasteiger partial charge in [-0.25, -0.2) is 18.8 Å². The van der Waals surface area contributed by atoms with E-state index in [2.05, 4.69) is 21.2 Å². The Morgan fingerprint density at radius 1 is 1.18 bits per heavy atom. The predicted molar refractivity (Wildman–Crippen MR) is 126 cm³/mol. The van der Waals surface area contributed by atoms with Crippen molar-refractivity contribution in [3.63, 3.8) is 0 Å². The molecule has 0 saturated carbocycles. The van der Waals surface area contributed by atoms with Gasteiger partial charge in [-0.1, -0.05) is 24.3 Å². The molecule has 4 N–H and O–H groups in total. The Hall–Kier alpha value is -3.73. The normalized spacial score (nSPS) is 17.6. The number of hydrogen-bond acceptors (Lipinski definition) is 4. The molecule has 1 aromatic heterocycles. The van der Waals surface area contributed by atoms with Crippen molar-refractivity contribution >= 4 is 56.3 Å². The van der Waals surface area contributed by atoms with Crippen molar-refractivity contribution in [3.05, 3.63) is 64.3 Å². The van der Waals surface area contributed by atoms with Gasteiger partial charge in [0.25, 0.3) is 0 Å². The number of nitrogens with one attached hydrogen (secondary N) is 1. The second-order valence-corrected chi connectivity index (χ2v) is 8.82. The monoisotopic (exact) mass is 530 g/mol. The number of aromatic nitrogens is 1. The molecular weight excluding hydrogens is 511 g/mol. The Morgan fingerprint density at radius 3 is 2.59 bits per heavy atom. The molecule has 4 rings (SSSR count). The zero-order chi connectivity index (χ0) is 24.6. The number of fused-ring (bicyclic) bond motifs is 1. The molecule has 34 heavy (non-hydrogen) atoms. The number of para-hydroxylation sites is 1. The summed E-state index contributed by atoms with van der Waals surface area (Å²) in [6.45, 7) is -0.252. The maximum atomic E-state index is 14.3. The van der Waals surface area contributed by atoms with Crippen LogP contribution in [0.1, 0.15) is 22.3 Å². The van der Waals surface area contributed by atoms with Crippen molar-refractivity contribution in [2.75, 3.05) is 11.9 Å². The first-order valence-corrected chi connectivity index (χ1v) is 11.1. The van der Waals surface area contributed by atoms with Crippen molar-refractivity contribution in [2.45, 2.75) is 25.1 Å². The number of nitrogens with zero attached hydrogens (tertiary/aromatic N) is 2. The molecular formula is C23H20BrFN4O5. The minimum Gasteiger partial charge on any atom is -0.478 e. The number of carbonyl (C=O) groups is 4. The number of ketones is 1. The highest BCUT2D eigenvalue weighted by Gasteiger charge is 2.39. The number of anilines is 1. The molecule has 2 aromatic carbocycles. The van der Waals surface area contributed by atoms with E-state index in [0.717, 1.165) is 4.90 Å². The molecule has 1 aliphatic rings. The molecule has 0 spiro atoms. The lowest BCUT2D eigenvalue weighted by molar-refractivity contribution is -0.121. The summed E-state index contributed by atoms with van der Waals surface area (Å²) >= 11 is 3.17. The van der Waals surface area contributed by atoms with Crippen LogP contribution in [0.4, 0.5) is 19.7 Å². The summed E-state index contributed by atoms with van der Waals surface area (Å²) in [6.07, 6.45) is -0.218. The van der Waals surface area contributed by atoms with E-state index in [1.54, 1.807) is 24.3 Å². The maximum Gasteiger partial charge on any atom is 0.336 e. The van der Waals surface area contributed by atoms with Crippen molar-refractivity contribution in [2.24, 2.45) is 5.73 Å². The summed E-state index contributed by atoms with van der Waals surface area (Å²) in [5.41, 5.74) is 6.80.